The summed E-state index contributed by atoms with van der Waals surface area (Å²) in [5.41, 5.74) is 1.57. The number of nitrogens with zero attached hydrogens (tertiary/aromatic N) is 3. The Hall–Kier alpha value is -2.76. The summed E-state index contributed by atoms with van der Waals surface area (Å²) in [4.78, 5) is 34.6. The quantitative estimate of drug-likeness (QED) is 0.867. The number of rotatable bonds is 4. The third kappa shape index (κ3) is 4.21. The first-order chi connectivity index (χ1) is 12.0. The lowest BCUT2D eigenvalue weighted by Crippen LogP contribution is -2.34. The molecule has 3 rings (SSSR count). The monoisotopic (exact) mass is 338 g/mol. The molecule has 2 heterocycles. The van der Waals surface area contributed by atoms with Gasteiger partial charge in [0.2, 0.25) is 5.95 Å². The smallest absolute Gasteiger partial charge is 0.274 e. The van der Waals surface area contributed by atoms with E-state index in [2.05, 4.69) is 27.1 Å². The summed E-state index contributed by atoms with van der Waals surface area (Å²) in [7, 11) is 0. The Kier molecular flexibility index (Phi) is 5.07. The SMILES string of the molecule is CC(=O)c1ccc(NC(=O)c2ccnc(N3CCC(C)CC3)n2)cc1. The van der Waals surface area contributed by atoms with Crippen LogP contribution in [0.15, 0.2) is 36.5 Å². The van der Waals surface area contributed by atoms with Crippen LogP contribution in [0.4, 0.5) is 11.6 Å². The molecule has 6 nitrogen and oxygen atoms in total. The van der Waals surface area contributed by atoms with Gasteiger partial charge in [-0.25, -0.2) is 9.97 Å². The number of anilines is 2. The zero-order valence-corrected chi connectivity index (χ0v) is 14.5. The second-order valence-electron chi connectivity index (χ2n) is 6.50. The van der Waals surface area contributed by atoms with Gasteiger partial charge in [-0.15, -0.1) is 0 Å². The molecule has 130 valence electrons. The maximum absolute atomic E-state index is 12.4. The fraction of sp³-hybridized carbons (Fsp3) is 0.368. The molecule has 1 aliphatic rings. The zero-order valence-electron chi connectivity index (χ0n) is 14.5. The number of benzene rings is 1. The Balaban J connectivity index is 1.69. The van der Waals surface area contributed by atoms with Crippen LogP contribution in [0.1, 0.15) is 47.5 Å². The second-order valence-corrected chi connectivity index (χ2v) is 6.50. The van der Waals surface area contributed by atoms with Crippen molar-refractivity contribution in [3.63, 3.8) is 0 Å². The lowest BCUT2D eigenvalue weighted by molar-refractivity contribution is 0.101. The number of Topliss-reactive ketones (excluding diaryl/α,β-unsaturated/α-hetero) is 1. The highest BCUT2D eigenvalue weighted by Crippen LogP contribution is 2.20. The number of hydrogen-bond acceptors (Lipinski definition) is 5. The summed E-state index contributed by atoms with van der Waals surface area (Å²) in [5, 5.41) is 2.80. The van der Waals surface area contributed by atoms with Crippen LogP contribution in [0.2, 0.25) is 0 Å². The first-order valence-electron chi connectivity index (χ1n) is 8.53. The Morgan fingerprint density at radius 2 is 1.80 bits per heavy atom. The molecule has 25 heavy (non-hydrogen) atoms. The van der Waals surface area contributed by atoms with E-state index in [1.165, 1.54) is 6.92 Å². The van der Waals surface area contributed by atoms with E-state index in [1.54, 1.807) is 36.5 Å². The van der Waals surface area contributed by atoms with Gasteiger partial charge >= 0.3 is 0 Å². The summed E-state index contributed by atoms with van der Waals surface area (Å²) in [6.07, 6.45) is 3.85. The molecule has 0 spiro atoms. The zero-order chi connectivity index (χ0) is 17.8. The lowest BCUT2D eigenvalue weighted by Gasteiger charge is -2.30. The molecule has 0 unspecified atom stereocenters. The average molecular weight is 338 g/mol. The van der Waals surface area contributed by atoms with E-state index in [1.807, 2.05) is 0 Å². The average Bonchev–Trinajstić information content (AvgIpc) is 2.63. The number of nitrogens with one attached hydrogen (secondary N) is 1. The third-order valence-electron chi connectivity index (χ3n) is 4.49. The minimum atomic E-state index is -0.287. The largest absolute Gasteiger partial charge is 0.341 e. The second kappa shape index (κ2) is 7.42. The van der Waals surface area contributed by atoms with E-state index in [9.17, 15) is 9.59 Å². The van der Waals surface area contributed by atoms with Gasteiger partial charge in [0.15, 0.2) is 5.78 Å². The van der Waals surface area contributed by atoms with Gasteiger partial charge in [-0.05, 0) is 56.0 Å². The molecule has 1 aromatic heterocycles. The van der Waals surface area contributed by atoms with Gasteiger partial charge in [-0.2, -0.15) is 0 Å². The Morgan fingerprint density at radius 1 is 1.12 bits per heavy atom. The van der Waals surface area contributed by atoms with E-state index in [0.29, 0.717) is 22.9 Å². The van der Waals surface area contributed by atoms with Crippen molar-refractivity contribution in [2.45, 2.75) is 26.7 Å². The fourth-order valence-corrected chi connectivity index (χ4v) is 2.82. The van der Waals surface area contributed by atoms with Crippen molar-refractivity contribution in [1.82, 2.24) is 9.97 Å². The fourth-order valence-electron chi connectivity index (χ4n) is 2.82. The van der Waals surface area contributed by atoms with Crippen LogP contribution in [0, 0.1) is 5.92 Å². The summed E-state index contributed by atoms with van der Waals surface area (Å²) < 4.78 is 0. The molecule has 0 bridgehead atoms. The number of ketones is 1. The summed E-state index contributed by atoms with van der Waals surface area (Å²) >= 11 is 0. The molecule has 0 aliphatic carbocycles. The van der Waals surface area contributed by atoms with Gasteiger partial charge < -0.3 is 10.2 Å². The number of hydrogen-bond donors (Lipinski definition) is 1. The van der Waals surface area contributed by atoms with Crippen molar-refractivity contribution in [2.24, 2.45) is 5.92 Å². The molecular weight excluding hydrogens is 316 g/mol. The molecule has 1 fully saturated rings. The molecule has 6 heteroatoms. The van der Waals surface area contributed by atoms with E-state index in [4.69, 9.17) is 0 Å². The van der Waals surface area contributed by atoms with Gasteiger partial charge in [-0.1, -0.05) is 6.92 Å². The predicted molar refractivity (Wildman–Crippen MR) is 97.0 cm³/mol. The Bertz CT molecular complexity index is 765. The van der Waals surface area contributed by atoms with Crippen molar-refractivity contribution in [1.29, 1.82) is 0 Å². The molecule has 0 atom stereocenters. The number of piperidine rings is 1. The predicted octanol–water partition coefficient (Wildman–Crippen LogP) is 3.17. The van der Waals surface area contributed by atoms with Crippen molar-refractivity contribution < 1.29 is 9.59 Å². The molecule has 1 N–H and O–H groups in total. The Labute approximate surface area is 147 Å². The number of carbonyl (C=O) groups excluding carboxylic acids is 2. The van der Waals surface area contributed by atoms with E-state index < -0.39 is 0 Å². The van der Waals surface area contributed by atoms with Crippen LogP contribution in [0.25, 0.3) is 0 Å². The van der Waals surface area contributed by atoms with Crippen LogP contribution in [-0.4, -0.2) is 34.7 Å². The van der Waals surface area contributed by atoms with Crippen LogP contribution in [0.3, 0.4) is 0 Å². The number of carbonyl (C=O) groups is 2. The van der Waals surface area contributed by atoms with Crippen LogP contribution < -0.4 is 10.2 Å². The molecule has 1 amide bonds. The summed E-state index contributed by atoms with van der Waals surface area (Å²) in [6.45, 7) is 5.59. The molecular formula is C19H22N4O2. The maximum Gasteiger partial charge on any atom is 0.274 e. The van der Waals surface area contributed by atoms with E-state index in [0.717, 1.165) is 31.8 Å². The summed E-state index contributed by atoms with van der Waals surface area (Å²) in [6, 6.07) is 8.41. The minimum absolute atomic E-state index is 0.00540. The van der Waals surface area contributed by atoms with Crippen molar-refractivity contribution in [3.8, 4) is 0 Å². The highest BCUT2D eigenvalue weighted by Gasteiger charge is 2.19. The highest BCUT2D eigenvalue weighted by molar-refractivity contribution is 6.03. The van der Waals surface area contributed by atoms with Crippen molar-refractivity contribution in [3.05, 3.63) is 47.8 Å². The highest BCUT2D eigenvalue weighted by atomic mass is 16.2. The molecule has 0 saturated carbocycles. The molecule has 0 radical (unpaired) electrons. The minimum Gasteiger partial charge on any atom is -0.341 e. The van der Waals surface area contributed by atoms with Crippen molar-refractivity contribution in [2.75, 3.05) is 23.3 Å². The molecule has 1 saturated heterocycles. The van der Waals surface area contributed by atoms with Crippen LogP contribution in [-0.2, 0) is 0 Å². The Morgan fingerprint density at radius 3 is 2.44 bits per heavy atom. The summed E-state index contributed by atoms with van der Waals surface area (Å²) in [5.74, 6) is 1.03. The topological polar surface area (TPSA) is 75.2 Å². The van der Waals surface area contributed by atoms with E-state index >= 15 is 0 Å². The maximum atomic E-state index is 12.4. The third-order valence-corrected chi connectivity index (χ3v) is 4.49. The first kappa shape index (κ1) is 17.1. The van der Waals surface area contributed by atoms with Crippen molar-refractivity contribution >= 4 is 23.3 Å². The lowest BCUT2D eigenvalue weighted by atomic mass is 10.00. The number of amides is 1. The molecule has 1 aromatic carbocycles. The van der Waals surface area contributed by atoms with Gasteiger partial charge in [-0.3, -0.25) is 9.59 Å². The van der Waals surface area contributed by atoms with Gasteiger partial charge in [0.25, 0.3) is 5.91 Å². The van der Waals surface area contributed by atoms with Crippen LogP contribution in [0.5, 0.6) is 0 Å². The molecule has 1 aliphatic heterocycles. The van der Waals surface area contributed by atoms with Crippen LogP contribution >= 0.6 is 0 Å². The standard InChI is InChI=1S/C19H22N4O2/c1-13-8-11-23(12-9-13)19-20-10-7-17(22-19)18(25)21-16-5-3-15(4-6-16)14(2)24/h3-7,10,13H,8-9,11-12H2,1-2H3,(H,21,25). The van der Waals surface area contributed by atoms with Gasteiger partial charge in [0.1, 0.15) is 5.69 Å². The van der Waals surface area contributed by atoms with E-state index in [-0.39, 0.29) is 11.7 Å². The van der Waals surface area contributed by atoms with Gasteiger partial charge in [0, 0.05) is 30.5 Å². The normalized spacial score (nSPS) is 15.0. The molecule has 2 aromatic rings. The van der Waals surface area contributed by atoms with Gasteiger partial charge in [0.05, 0.1) is 0 Å². The first-order valence-corrected chi connectivity index (χ1v) is 8.53. The number of aromatic nitrogens is 2.